The van der Waals surface area contributed by atoms with E-state index in [0.29, 0.717) is 19.7 Å². The van der Waals surface area contributed by atoms with E-state index in [1.54, 1.807) is 35.5 Å². The van der Waals surface area contributed by atoms with Gasteiger partial charge in [-0.1, -0.05) is 18.2 Å². The Balaban J connectivity index is 2.05. The lowest BCUT2D eigenvalue weighted by Gasteiger charge is -2.22. The van der Waals surface area contributed by atoms with Crippen LogP contribution in [0.15, 0.2) is 41.8 Å². The molecule has 112 valence electrons. The second kappa shape index (κ2) is 7.75. The lowest BCUT2D eigenvalue weighted by atomic mass is 10.3. The first-order valence-corrected chi connectivity index (χ1v) is 7.40. The molecular formula is C15H17FN2O2S. The van der Waals surface area contributed by atoms with Crippen LogP contribution in [0, 0.1) is 5.82 Å². The predicted octanol–water partition coefficient (Wildman–Crippen LogP) is 3.57. The Labute approximate surface area is 127 Å². The minimum absolute atomic E-state index is 0.177. The third-order valence-corrected chi connectivity index (χ3v) is 3.76. The van der Waals surface area contributed by atoms with E-state index in [2.05, 4.69) is 5.32 Å². The zero-order chi connectivity index (χ0) is 15.1. The molecule has 0 saturated carbocycles. The summed E-state index contributed by atoms with van der Waals surface area (Å²) >= 11 is 1.58. The van der Waals surface area contributed by atoms with E-state index in [1.807, 2.05) is 17.5 Å². The third kappa shape index (κ3) is 4.54. The van der Waals surface area contributed by atoms with Crippen molar-refractivity contribution >= 4 is 23.1 Å². The van der Waals surface area contributed by atoms with Gasteiger partial charge < -0.3 is 15.0 Å². The number of rotatable bonds is 6. The van der Waals surface area contributed by atoms with Crippen LogP contribution in [0.25, 0.3) is 0 Å². The highest BCUT2D eigenvalue weighted by atomic mass is 32.1. The Morgan fingerprint density at radius 2 is 2.14 bits per heavy atom. The molecule has 0 spiro atoms. The number of thiophene rings is 1. The zero-order valence-corrected chi connectivity index (χ0v) is 12.5. The van der Waals surface area contributed by atoms with Gasteiger partial charge in [0.1, 0.15) is 5.82 Å². The third-order valence-electron chi connectivity index (χ3n) is 2.89. The second-order valence-corrected chi connectivity index (χ2v) is 5.44. The van der Waals surface area contributed by atoms with Gasteiger partial charge in [0, 0.05) is 18.5 Å². The Morgan fingerprint density at radius 1 is 1.33 bits per heavy atom. The van der Waals surface area contributed by atoms with Gasteiger partial charge in [0.05, 0.1) is 18.8 Å². The molecule has 1 N–H and O–H groups in total. The van der Waals surface area contributed by atoms with Crippen molar-refractivity contribution in [3.05, 3.63) is 52.5 Å². The quantitative estimate of drug-likeness (QED) is 0.886. The van der Waals surface area contributed by atoms with Crippen LogP contribution in [0.4, 0.5) is 14.9 Å². The number of ether oxygens (including phenoxy) is 1. The minimum atomic E-state index is -0.450. The van der Waals surface area contributed by atoms with Gasteiger partial charge in [-0.2, -0.15) is 0 Å². The Bertz CT molecular complexity index is 575. The molecule has 4 nitrogen and oxygen atoms in total. The number of hydrogen-bond donors (Lipinski definition) is 1. The van der Waals surface area contributed by atoms with Crippen molar-refractivity contribution in [3.8, 4) is 0 Å². The van der Waals surface area contributed by atoms with Gasteiger partial charge in [0.15, 0.2) is 0 Å². The van der Waals surface area contributed by atoms with Gasteiger partial charge in [-0.3, -0.25) is 0 Å². The molecule has 0 radical (unpaired) electrons. The first kappa shape index (κ1) is 15.5. The molecule has 0 saturated heterocycles. The molecule has 1 heterocycles. The second-order valence-electron chi connectivity index (χ2n) is 4.40. The van der Waals surface area contributed by atoms with Crippen LogP contribution >= 0.6 is 11.3 Å². The number of hydrogen-bond acceptors (Lipinski definition) is 3. The maximum Gasteiger partial charge on any atom is 0.322 e. The normalized spacial score (nSPS) is 10.4. The number of nitrogens with one attached hydrogen (secondary N) is 1. The highest BCUT2D eigenvalue weighted by molar-refractivity contribution is 7.09. The first-order valence-electron chi connectivity index (χ1n) is 6.52. The van der Waals surface area contributed by atoms with Crippen molar-refractivity contribution in [2.24, 2.45) is 0 Å². The molecule has 0 aliphatic rings. The summed E-state index contributed by atoms with van der Waals surface area (Å²) in [5.74, 6) is -0.450. The van der Waals surface area contributed by atoms with Gasteiger partial charge >= 0.3 is 6.03 Å². The fraction of sp³-hybridized carbons (Fsp3) is 0.267. The van der Waals surface area contributed by atoms with E-state index in [-0.39, 0.29) is 11.7 Å². The lowest BCUT2D eigenvalue weighted by molar-refractivity contribution is 0.153. The molecule has 2 aromatic rings. The van der Waals surface area contributed by atoms with Gasteiger partial charge in [-0.25, -0.2) is 9.18 Å². The maximum absolute atomic E-state index is 13.6. The summed E-state index contributed by atoms with van der Waals surface area (Å²) < 4.78 is 18.6. The molecule has 21 heavy (non-hydrogen) atoms. The molecule has 0 atom stereocenters. The number of halogens is 1. The minimum Gasteiger partial charge on any atom is -0.383 e. The van der Waals surface area contributed by atoms with Crippen LogP contribution in [-0.2, 0) is 11.3 Å². The molecule has 0 unspecified atom stereocenters. The smallest absolute Gasteiger partial charge is 0.322 e. The van der Waals surface area contributed by atoms with Crippen molar-refractivity contribution in [2.75, 3.05) is 25.6 Å². The number of urea groups is 1. The highest BCUT2D eigenvalue weighted by Gasteiger charge is 2.15. The standard InChI is InChI=1S/C15H17FN2O2S/c1-20-9-8-18(11-12-5-4-10-21-12)15(19)17-14-7-3-2-6-13(14)16/h2-7,10H,8-9,11H2,1H3,(H,17,19). The SMILES string of the molecule is COCCN(Cc1cccs1)C(=O)Nc1ccccc1F. The number of carbonyl (C=O) groups excluding carboxylic acids is 1. The van der Waals surface area contributed by atoms with E-state index in [4.69, 9.17) is 4.74 Å². The number of nitrogens with zero attached hydrogens (tertiary/aromatic N) is 1. The number of para-hydroxylation sites is 1. The fourth-order valence-corrected chi connectivity index (χ4v) is 2.52. The molecule has 0 aliphatic heterocycles. The molecule has 6 heteroatoms. The van der Waals surface area contributed by atoms with E-state index in [1.165, 1.54) is 12.1 Å². The average Bonchev–Trinajstić information content (AvgIpc) is 2.98. The summed E-state index contributed by atoms with van der Waals surface area (Å²) in [6.45, 7) is 1.34. The van der Waals surface area contributed by atoms with Crippen LogP contribution in [0.2, 0.25) is 0 Å². The summed E-state index contributed by atoms with van der Waals surface area (Å²) in [5, 5.41) is 4.55. The van der Waals surface area contributed by atoms with Gasteiger partial charge in [-0.15, -0.1) is 11.3 Å². The molecule has 0 aliphatic carbocycles. The summed E-state index contributed by atoms with van der Waals surface area (Å²) in [5.41, 5.74) is 0.177. The predicted molar refractivity (Wildman–Crippen MR) is 82.0 cm³/mol. The average molecular weight is 308 g/mol. The largest absolute Gasteiger partial charge is 0.383 e. The van der Waals surface area contributed by atoms with Crippen LogP contribution in [0.5, 0.6) is 0 Å². The van der Waals surface area contributed by atoms with Gasteiger partial charge in [0.25, 0.3) is 0 Å². The van der Waals surface area contributed by atoms with Gasteiger partial charge in [0.2, 0.25) is 0 Å². The van der Waals surface area contributed by atoms with Crippen LogP contribution < -0.4 is 5.32 Å². The topological polar surface area (TPSA) is 41.6 Å². The first-order chi connectivity index (χ1) is 10.2. The summed E-state index contributed by atoms with van der Waals surface area (Å²) in [6, 6.07) is 9.66. The van der Waals surface area contributed by atoms with Crippen molar-refractivity contribution in [1.29, 1.82) is 0 Å². The zero-order valence-electron chi connectivity index (χ0n) is 11.7. The molecule has 0 fully saturated rings. The van der Waals surface area contributed by atoms with Crippen LogP contribution in [0.1, 0.15) is 4.88 Å². The molecule has 2 amide bonds. The van der Waals surface area contributed by atoms with Crippen molar-refractivity contribution in [1.82, 2.24) is 4.90 Å². The van der Waals surface area contributed by atoms with Crippen molar-refractivity contribution < 1.29 is 13.9 Å². The fourth-order valence-electron chi connectivity index (χ4n) is 1.80. The summed E-state index contributed by atoms with van der Waals surface area (Å²) in [6.07, 6.45) is 0. The summed E-state index contributed by atoms with van der Waals surface area (Å²) in [4.78, 5) is 15.0. The number of benzene rings is 1. The Morgan fingerprint density at radius 3 is 2.81 bits per heavy atom. The number of methoxy groups -OCH3 is 1. The molecule has 0 bridgehead atoms. The Hall–Kier alpha value is -1.92. The number of anilines is 1. The van der Waals surface area contributed by atoms with E-state index < -0.39 is 5.82 Å². The number of amides is 2. The van der Waals surface area contributed by atoms with Crippen LogP contribution in [-0.4, -0.2) is 31.2 Å². The van der Waals surface area contributed by atoms with E-state index in [0.717, 1.165) is 4.88 Å². The monoisotopic (exact) mass is 308 g/mol. The molecule has 1 aromatic heterocycles. The maximum atomic E-state index is 13.6. The number of carbonyl (C=O) groups is 1. The Kier molecular flexibility index (Phi) is 5.71. The van der Waals surface area contributed by atoms with Crippen LogP contribution in [0.3, 0.4) is 0 Å². The van der Waals surface area contributed by atoms with E-state index >= 15 is 0 Å². The summed E-state index contributed by atoms with van der Waals surface area (Å²) in [7, 11) is 1.58. The lowest BCUT2D eigenvalue weighted by Crippen LogP contribution is -2.36. The van der Waals surface area contributed by atoms with E-state index in [9.17, 15) is 9.18 Å². The van der Waals surface area contributed by atoms with Crippen molar-refractivity contribution in [3.63, 3.8) is 0 Å². The molecular weight excluding hydrogens is 291 g/mol. The molecule has 1 aromatic carbocycles. The van der Waals surface area contributed by atoms with Crippen molar-refractivity contribution in [2.45, 2.75) is 6.54 Å². The highest BCUT2D eigenvalue weighted by Crippen LogP contribution is 2.16. The van der Waals surface area contributed by atoms with Gasteiger partial charge in [-0.05, 0) is 23.6 Å². The molecule has 2 rings (SSSR count).